The number of nitrogen functional groups attached to an aromatic ring is 1. The third-order valence-corrected chi connectivity index (χ3v) is 4.56. The van der Waals surface area contributed by atoms with Crippen molar-refractivity contribution in [3.8, 4) is 11.1 Å². The van der Waals surface area contributed by atoms with E-state index >= 15 is 0 Å². The molecular formula is C20H19F2N5O2. The Labute approximate surface area is 164 Å². The number of fused-ring (bicyclic) bond motifs is 3. The number of hydrogen-bond acceptors (Lipinski definition) is 6. The number of nitrogens with zero attached hydrogens (tertiary/aromatic N) is 4. The van der Waals surface area contributed by atoms with Crippen LogP contribution in [0.4, 0.5) is 14.6 Å². The van der Waals surface area contributed by atoms with Gasteiger partial charge in [-0.3, -0.25) is 4.98 Å². The van der Waals surface area contributed by atoms with Crippen LogP contribution in [-0.4, -0.2) is 35.3 Å². The number of benzene rings is 1. The van der Waals surface area contributed by atoms with Crippen molar-refractivity contribution in [1.29, 1.82) is 0 Å². The van der Waals surface area contributed by atoms with Crippen LogP contribution < -0.4 is 5.73 Å². The Morgan fingerprint density at radius 1 is 1.07 bits per heavy atom. The molecular weight excluding hydrogens is 380 g/mol. The van der Waals surface area contributed by atoms with Gasteiger partial charge in [0.1, 0.15) is 29.0 Å². The topological polar surface area (TPSA) is 110 Å². The number of anilines is 1. The Bertz CT molecular complexity index is 1250. The molecule has 0 aliphatic rings. The van der Waals surface area contributed by atoms with E-state index in [0.717, 1.165) is 12.1 Å². The third-order valence-electron chi connectivity index (χ3n) is 4.56. The van der Waals surface area contributed by atoms with Crippen molar-refractivity contribution in [2.45, 2.75) is 32.6 Å². The lowest BCUT2D eigenvalue weighted by molar-refractivity contribution is 0.0607. The van der Waals surface area contributed by atoms with Crippen LogP contribution in [0.25, 0.3) is 33.2 Å². The molecule has 4 N–H and O–H groups in total. The Hall–Kier alpha value is -3.17. The van der Waals surface area contributed by atoms with E-state index in [2.05, 4.69) is 15.0 Å². The second kappa shape index (κ2) is 6.71. The van der Waals surface area contributed by atoms with Gasteiger partial charge < -0.3 is 20.5 Å². The van der Waals surface area contributed by atoms with Gasteiger partial charge in [0.25, 0.3) is 0 Å². The number of rotatable bonds is 4. The maximum absolute atomic E-state index is 13.6. The fourth-order valence-corrected chi connectivity index (χ4v) is 3.33. The summed E-state index contributed by atoms with van der Waals surface area (Å²) in [5, 5.41) is 20.0. The summed E-state index contributed by atoms with van der Waals surface area (Å²) < 4.78 is 28.5. The number of pyridine rings is 2. The van der Waals surface area contributed by atoms with Gasteiger partial charge in [0.2, 0.25) is 0 Å². The summed E-state index contributed by atoms with van der Waals surface area (Å²) >= 11 is 0. The molecule has 0 fully saturated rings. The number of aliphatic hydroxyl groups excluding tert-OH is 1. The zero-order chi connectivity index (χ0) is 20.9. The lowest BCUT2D eigenvalue weighted by atomic mass is 10.1. The number of imidazole rings is 1. The van der Waals surface area contributed by atoms with Crippen LogP contribution in [0.2, 0.25) is 0 Å². The molecule has 0 radical (unpaired) electrons. The van der Waals surface area contributed by atoms with E-state index in [1.165, 1.54) is 12.3 Å². The van der Waals surface area contributed by atoms with Crippen molar-refractivity contribution in [1.82, 2.24) is 19.5 Å². The number of halogens is 2. The summed E-state index contributed by atoms with van der Waals surface area (Å²) in [5.74, 6) is -1.42. The van der Waals surface area contributed by atoms with Crippen LogP contribution in [0.3, 0.4) is 0 Å². The van der Waals surface area contributed by atoms with Crippen molar-refractivity contribution in [3.05, 3.63) is 47.9 Å². The minimum atomic E-state index is -1.08. The molecule has 0 amide bonds. The van der Waals surface area contributed by atoms with Gasteiger partial charge in [-0.25, -0.2) is 18.7 Å². The van der Waals surface area contributed by atoms with Gasteiger partial charge in [-0.05, 0) is 37.6 Å². The second-order valence-electron chi connectivity index (χ2n) is 7.50. The summed E-state index contributed by atoms with van der Waals surface area (Å²) in [7, 11) is 0. The van der Waals surface area contributed by atoms with Gasteiger partial charge in [-0.1, -0.05) is 6.07 Å². The predicted octanol–water partition coefficient (Wildman–Crippen LogP) is 2.77. The monoisotopic (exact) mass is 399 g/mol. The van der Waals surface area contributed by atoms with Crippen LogP contribution in [0.1, 0.15) is 19.7 Å². The summed E-state index contributed by atoms with van der Waals surface area (Å²) in [6, 6.07) is 5.25. The minimum Gasteiger partial charge on any atom is -0.389 e. The molecule has 9 heteroatoms. The quantitative estimate of drug-likeness (QED) is 0.487. The van der Waals surface area contributed by atoms with Crippen LogP contribution in [0.5, 0.6) is 0 Å². The number of nitrogens with two attached hydrogens (primary N) is 1. The highest BCUT2D eigenvalue weighted by Gasteiger charge is 2.23. The molecule has 0 bridgehead atoms. The molecule has 0 unspecified atom stereocenters. The number of aliphatic hydroxyl groups is 2. The van der Waals surface area contributed by atoms with E-state index in [1.54, 1.807) is 24.5 Å². The number of aromatic nitrogens is 4. The van der Waals surface area contributed by atoms with E-state index in [4.69, 9.17) is 5.73 Å². The molecule has 0 saturated heterocycles. The molecule has 0 saturated carbocycles. The average molecular weight is 399 g/mol. The van der Waals surface area contributed by atoms with Crippen molar-refractivity contribution in [2.75, 3.05) is 5.73 Å². The van der Waals surface area contributed by atoms with Gasteiger partial charge >= 0.3 is 0 Å². The Morgan fingerprint density at radius 2 is 1.83 bits per heavy atom. The maximum Gasteiger partial charge on any atom is 0.159 e. The smallest absolute Gasteiger partial charge is 0.159 e. The van der Waals surface area contributed by atoms with E-state index in [9.17, 15) is 19.0 Å². The zero-order valence-electron chi connectivity index (χ0n) is 15.8. The third kappa shape index (κ3) is 3.39. The van der Waals surface area contributed by atoms with Crippen molar-refractivity contribution in [3.63, 3.8) is 0 Å². The van der Waals surface area contributed by atoms with Crippen LogP contribution in [0, 0.1) is 11.6 Å². The van der Waals surface area contributed by atoms with Crippen molar-refractivity contribution < 1.29 is 19.0 Å². The Balaban J connectivity index is 1.98. The molecule has 1 aromatic carbocycles. The minimum absolute atomic E-state index is 0.140. The van der Waals surface area contributed by atoms with Crippen molar-refractivity contribution >= 4 is 27.9 Å². The summed E-state index contributed by atoms with van der Waals surface area (Å²) in [6.07, 6.45) is 1.52. The van der Waals surface area contributed by atoms with Gasteiger partial charge in [0, 0.05) is 11.8 Å². The molecule has 150 valence electrons. The largest absolute Gasteiger partial charge is 0.389 e. The summed E-state index contributed by atoms with van der Waals surface area (Å²) in [4.78, 5) is 13.2. The highest BCUT2D eigenvalue weighted by Crippen LogP contribution is 2.31. The molecule has 0 atom stereocenters. The first-order chi connectivity index (χ1) is 13.7. The molecule has 3 heterocycles. The highest BCUT2D eigenvalue weighted by molar-refractivity contribution is 6.05. The summed E-state index contributed by atoms with van der Waals surface area (Å²) in [6.45, 7) is 3.09. The summed E-state index contributed by atoms with van der Waals surface area (Å²) in [5.41, 5.74) is 7.81. The zero-order valence-corrected chi connectivity index (χ0v) is 15.8. The SMILES string of the molecule is CC(C)(O)Cn1c(CO)nc2c(N)nc3cc(-c4ccc(F)c(F)c4)cnc3c21. The first-order valence-corrected chi connectivity index (χ1v) is 8.91. The first-order valence-electron chi connectivity index (χ1n) is 8.91. The Morgan fingerprint density at radius 3 is 2.48 bits per heavy atom. The van der Waals surface area contributed by atoms with Crippen molar-refractivity contribution in [2.24, 2.45) is 0 Å². The molecule has 0 aliphatic carbocycles. The normalized spacial score (nSPS) is 12.2. The molecule has 4 rings (SSSR count). The molecule has 0 aliphatic heterocycles. The van der Waals surface area contributed by atoms with E-state index in [0.29, 0.717) is 39.0 Å². The van der Waals surface area contributed by atoms with Gasteiger partial charge in [0.15, 0.2) is 17.5 Å². The standard InChI is InChI=1S/C20H19F2N5O2/c1-20(2,29)9-27-15(8-28)26-17-18(27)16-14(25-19(17)23)6-11(7-24-16)10-3-4-12(21)13(22)5-10/h3-7,28-29H,8-9H2,1-2H3,(H2,23,25). The lowest BCUT2D eigenvalue weighted by Crippen LogP contribution is -2.27. The van der Waals surface area contributed by atoms with E-state index in [-0.39, 0.29) is 19.0 Å². The molecule has 4 aromatic rings. The number of hydrogen-bond donors (Lipinski definition) is 3. The van der Waals surface area contributed by atoms with Crippen LogP contribution in [0.15, 0.2) is 30.5 Å². The predicted molar refractivity (Wildman–Crippen MR) is 105 cm³/mol. The van der Waals surface area contributed by atoms with Gasteiger partial charge in [-0.15, -0.1) is 0 Å². The fourth-order valence-electron chi connectivity index (χ4n) is 3.33. The van der Waals surface area contributed by atoms with Crippen LogP contribution in [-0.2, 0) is 13.2 Å². The van der Waals surface area contributed by atoms with Gasteiger partial charge in [0.05, 0.1) is 17.7 Å². The molecule has 29 heavy (non-hydrogen) atoms. The maximum atomic E-state index is 13.6. The van der Waals surface area contributed by atoms with E-state index in [1.807, 2.05) is 0 Å². The first kappa shape index (κ1) is 19.2. The van der Waals surface area contributed by atoms with Crippen LogP contribution >= 0.6 is 0 Å². The lowest BCUT2D eigenvalue weighted by Gasteiger charge is -2.20. The molecule has 7 nitrogen and oxygen atoms in total. The van der Waals surface area contributed by atoms with E-state index < -0.39 is 17.2 Å². The van der Waals surface area contributed by atoms with Gasteiger partial charge in [-0.2, -0.15) is 0 Å². The molecule has 3 aromatic heterocycles. The highest BCUT2D eigenvalue weighted by atomic mass is 19.2. The average Bonchev–Trinajstić information content (AvgIpc) is 3.01. The Kier molecular flexibility index (Phi) is 4.44. The second-order valence-corrected chi connectivity index (χ2v) is 7.50. The fraction of sp³-hybridized carbons (Fsp3) is 0.250. The molecule has 0 spiro atoms.